The van der Waals surface area contributed by atoms with Gasteiger partial charge in [0.25, 0.3) is 20.2 Å². The van der Waals surface area contributed by atoms with E-state index in [9.17, 15) is 40.6 Å². The molecule has 0 saturated carbocycles. The Bertz CT molecular complexity index is 2340. The number of carboxylic acids is 1. The topological polar surface area (TPSA) is 197 Å². The molecule has 2 atom stereocenters. The zero-order chi connectivity index (χ0) is 35.5. The smallest absolute Gasteiger partial charge is 0.336 e. The number of carbonyl (C=O) groups is 2. The number of carboxylic acid groups (broad SMARTS) is 1. The summed E-state index contributed by atoms with van der Waals surface area (Å²) in [5.74, 6) is -3.27. The van der Waals surface area contributed by atoms with Crippen LogP contribution in [0.2, 0.25) is 0 Å². The van der Waals surface area contributed by atoms with Gasteiger partial charge in [-0.1, -0.05) is 19.9 Å². The molecule has 48 heavy (non-hydrogen) atoms. The van der Waals surface area contributed by atoms with E-state index in [0.29, 0.717) is 24.0 Å². The van der Waals surface area contributed by atoms with Crippen LogP contribution in [0.3, 0.4) is 0 Å². The Morgan fingerprint density at radius 3 is 2.08 bits per heavy atom. The Labute approximate surface area is 278 Å². The van der Waals surface area contributed by atoms with Gasteiger partial charge in [0, 0.05) is 27.5 Å². The lowest BCUT2D eigenvalue weighted by molar-refractivity contribution is 0.0696. The highest BCUT2D eigenvalue weighted by Crippen LogP contribution is 2.52. The Morgan fingerprint density at radius 2 is 1.50 bits per heavy atom. The largest absolute Gasteiger partial charge is 0.478 e. The van der Waals surface area contributed by atoms with Crippen molar-refractivity contribution in [3.63, 3.8) is 0 Å². The quantitative estimate of drug-likeness (QED) is 0.161. The third-order valence-electron chi connectivity index (χ3n) is 9.25. The van der Waals surface area contributed by atoms with Crippen LogP contribution >= 0.6 is 0 Å². The van der Waals surface area contributed by atoms with E-state index in [1.807, 2.05) is 27.7 Å². The minimum atomic E-state index is -5.14. The normalized spacial score (nSPS) is 20.6. The monoisotopic (exact) mass is 696 g/mol. The molecule has 14 heteroatoms. The molecule has 0 aliphatic carbocycles. The summed E-state index contributed by atoms with van der Waals surface area (Å²) in [6.45, 7) is 12.4. The summed E-state index contributed by atoms with van der Waals surface area (Å²) in [4.78, 5) is 28.6. The van der Waals surface area contributed by atoms with Crippen molar-refractivity contribution in [2.24, 2.45) is 4.99 Å². The second-order valence-electron chi connectivity index (χ2n) is 14.3. The Hall–Kier alpha value is -4.11. The third-order valence-corrected chi connectivity index (χ3v) is 11.1. The van der Waals surface area contributed by atoms with Gasteiger partial charge in [-0.3, -0.25) is 18.9 Å². The van der Waals surface area contributed by atoms with E-state index < -0.39 is 58.6 Å². The molecule has 0 aromatic heterocycles. The van der Waals surface area contributed by atoms with Crippen LogP contribution in [0.1, 0.15) is 116 Å². The van der Waals surface area contributed by atoms with Crippen LogP contribution in [-0.2, 0) is 20.2 Å². The zero-order valence-corrected chi connectivity index (χ0v) is 29.1. The molecule has 6 rings (SSSR count). The lowest BCUT2D eigenvalue weighted by atomic mass is 9.79. The van der Waals surface area contributed by atoms with Crippen molar-refractivity contribution in [2.45, 2.75) is 94.0 Å². The molecule has 0 amide bonds. The highest BCUT2D eigenvalue weighted by Gasteiger charge is 2.42. The zero-order valence-electron chi connectivity index (χ0n) is 27.4. The van der Waals surface area contributed by atoms with Crippen molar-refractivity contribution in [1.29, 1.82) is 0 Å². The number of fused-ring (bicyclic) bond motifs is 4. The molecule has 0 saturated heterocycles. The molecule has 2 unspecified atom stereocenters. The molecule has 0 bridgehead atoms. The first-order valence-corrected chi connectivity index (χ1v) is 18.2. The average molecular weight is 697 g/mol. The van der Waals surface area contributed by atoms with Crippen LogP contribution in [0.4, 0.5) is 5.69 Å². The number of ketones is 1. The van der Waals surface area contributed by atoms with Gasteiger partial charge >= 0.3 is 5.97 Å². The van der Waals surface area contributed by atoms with E-state index in [1.165, 1.54) is 25.1 Å². The summed E-state index contributed by atoms with van der Waals surface area (Å²) in [5.41, 5.74) is -0.477. The number of benzene rings is 3. The predicted octanol–water partition coefficient (Wildman–Crippen LogP) is 5.04. The Kier molecular flexibility index (Phi) is 7.53. The maximum absolute atomic E-state index is 13.3. The molecule has 12 nitrogen and oxygen atoms in total. The van der Waals surface area contributed by atoms with E-state index >= 15 is 0 Å². The number of carbonyl (C=O) groups excluding carboxylic acids is 1. The standard InChI is InChI=1S/C34H36N2O10S2/c1-15-13-33(4,5)35-26-20(15)11-23-25(22-10-18(17(3)37)8-9-19(22)32(38)39)24-12-21-16(2)14-34(6,7)36-27(21)31(48(43,44)45)29(24)46-28(23)30(26)47(40,41)42/h8-12,15-16,35H,13-14H2,1-7H3,(H,38,39)(H,40,41,42)(H,43,44,45). The molecule has 3 aromatic carbocycles. The van der Waals surface area contributed by atoms with Crippen LogP contribution in [0.15, 0.2) is 45.1 Å². The van der Waals surface area contributed by atoms with E-state index in [4.69, 9.17) is 4.74 Å². The van der Waals surface area contributed by atoms with E-state index in [1.54, 1.807) is 26.0 Å². The van der Waals surface area contributed by atoms with E-state index in [-0.39, 0.29) is 61.7 Å². The number of aromatic carboxylic acids is 1. The number of nitrogens with zero attached hydrogens (tertiary/aromatic N) is 1. The molecule has 3 aliphatic rings. The lowest BCUT2D eigenvalue weighted by Gasteiger charge is -2.39. The van der Waals surface area contributed by atoms with Gasteiger partial charge < -0.3 is 15.2 Å². The molecule has 4 N–H and O–H groups in total. The first kappa shape index (κ1) is 33.8. The highest BCUT2D eigenvalue weighted by atomic mass is 32.2. The number of Topliss-reactive ketones (excluding diaryl/α,β-unsaturated/α-hetero) is 1. The first-order valence-electron chi connectivity index (χ1n) is 15.3. The van der Waals surface area contributed by atoms with Gasteiger partial charge in [0.15, 0.2) is 27.1 Å². The maximum Gasteiger partial charge on any atom is 0.336 e. The minimum Gasteiger partial charge on any atom is -0.478 e. The number of nitrogens with one attached hydrogen (secondary N) is 1. The fraction of sp³-hybridized carbons (Fsp3) is 0.382. The van der Waals surface area contributed by atoms with E-state index in [2.05, 4.69) is 10.3 Å². The van der Waals surface area contributed by atoms with Crippen molar-refractivity contribution >= 4 is 43.2 Å². The fourth-order valence-electron chi connectivity index (χ4n) is 7.54. The minimum absolute atomic E-state index is 0.0269. The summed E-state index contributed by atoms with van der Waals surface area (Å²) in [5, 5.41) is 13.5. The van der Waals surface area contributed by atoms with Gasteiger partial charge in [-0.2, -0.15) is 16.8 Å². The van der Waals surface area contributed by atoms with Crippen molar-refractivity contribution < 1.29 is 45.4 Å². The third kappa shape index (κ3) is 5.50. The van der Waals surface area contributed by atoms with Gasteiger partial charge in [-0.15, -0.1) is 0 Å². The van der Waals surface area contributed by atoms with Gasteiger partial charge in [0.2, 0.25) is 0 Å². The summed E-state index contributed by atoms with van der Waals surface area (Å²) < 4.78 is 81.0. The number of ether oxygens (including phenoxy) is 1. The lowest BCUT2D eigenvalue weighted by Crippen LogP contribution is -2.39. The first-order chi connectivity index (χ1) is 22.0. The van der Waals surface area contributed by atoms with E-state index in [0.717, 1.165) is 0 Å². The highest BCUT2D eigenvalue weighted by molar-refractivity contribution is 7.86. The van der Waals surface area contributed by atoms with Crippen molar-refractivity contribution in [3.05, 3.63) is 74.3 Å². The van der Waals surface area contributed by atoms with Crippen molar-refractivity contribution in [3.8, 4) is 11.5 Å². The van der Waals surface area contributed by atoms with Gasteiger partial charge in [-0.05, 0) is 100 Å². The van der Waals surface area contributed by atoms with Crippen LogP contribution < -0.4 is 20.6 Å². The van der Waals surface area contributed by atoms with Gasteiger partial charge in [0.1, 0.15) is 0 Å². The maximum atomic E-state index is 13.3. The van der Waals surface area contributed by atoms with Crippen molar-refractivity contribution in [2.75, 3.05) is 5.32 Å². The SMILES string of the molecule is CC(=O)c1ccc(C(=O)O)c(C2=c3cc4c(c(S(=O)(=O)O)c3Oc3c2cc2c(c3S(=O)(=O)O)NC(C)(C)CC2C)=NC(C)(C)CC4C)c1. The van der Waals surface area contributed by atoms with Gasteiger partial charge in [-0.25, -0.2) is 4.79 Å². The van der Waals surface area contributed by atoms with Crippen LogP contribution in [0.5, 0.6) is 11.5 Å². The van der Waals surface area contributed by atoms with Gasteiger partial charge in [0.05, 0.1) is 22.1 Å². The molecular formula is C34H36N2O10S2. The molecule has 0 spiro atoms. The summed E-state index contributed by atoms with van der Waals surface area (Å²) >= 11 is 0. The second kappa shape index (κ2) is 10.7. The Balaban J connectivity index is 1.95. The number of anilines is 1. The summed E-state index contributed by atoms with van der Waals surface area (Å²) in [7, 11) is -10.3. The fourth-order valence-corrected chi connectivity index (χ4v) is 9.15. The molecule has 3 heterocycles. The molecule has 0 fully saturated rings. The van der Waals surface area contributed by atoms with Crippen LogP contribution in [0, 0.1) is 0 Å². The number of rotatable bonds is 5. The summed E-state index contributed by atoms with van der Waals surface area (Å²) in [6.07, 6.45) is 1.07. The molecule has 3 aliphatic heterocycles. The summed E-state index contributed by atoms with van der Waals surface area (Å²) in [6, 6.07) is 7.19. The predicted molar refractivity (Wildman–Crippen MR) is 176 cm³/mol. The number of hydrogen-bond donors (Lipinski definition) is 4. The molecule has 254 valence electrons. The second-order valence-corrected chi connectivity index (χ2v) is 17.0. The average Bonchev–Trinajstić information content (AvgIpc) is 2.91. The molecule has 0 radical (unpaired) electrons. The van der Waals surface area contributed by atoms with Crippen molar-refractivity contribution in [1.82, 2.24) is 0 Å². The van der Waals surface area contributed by atoms with Crippen LogP contribution in [-0.4, -0.2) is 53.9 Å². The molecular weight excluding hydrogens is 661 g/mol. The number of hydrogen-bond acceptors (Lipinski definition) is 9. The molecule has 3 aromatic rings. The van der Waals surface area contributed by atoms with Crippen LogP contribution in [0.25, 0.3) is 5.57 Å². The Morgan fingerprint density at radius 1 is 0.875 bits per heavy atom.